The Labute approximate surface area is 124 Å². The van der Waals surface area contributed by atoms with Crippen molar-refractivity contribution >= 4 is 17.1 Å². The van der Waals surface area contributed by atoms with E-state index in [1.165, 1.54) is 6.42 Å². The number of fused-ring (bicyclic) bond motifs is 1. The zero-order chi connectivity index (χ0) is 14.7. The number of para-hydroxylation sites is 2. The molecule has 1 atom stereocenters. The average molecular weight is 286 g/mol. The summed E-state index contributed by atoms with van der Waals surface area (Å²) in [5, 5.41) is 2.99. The van der Waals surface area contributed by atoms with Gasteiger partial charge in [0.25, 0.3) is 0 Å². The molecule has 5 nitrogen and oxygen atoms in total. The molecule has 2 heterocycles. The van der Waals surface area contributed by atoms with Gasteiger partial charge in [0.1, 0.15) is 5.82 Å². The number of hydrogen-bond donors (Lipinski definition) is 2. The predicted octanol–water partition coefficient (Wildman–Crippen LogP) is 2.55. The number of likely N-dealkylation sites (tertiary alicyclic amines) is 1. The molecule has 2 amide bonds. The van der Waals surface area contributed by atoms with Gasteiger partial charge in [-0.25, -0.2) is 9.78 Å². The zero-order valence-electron chi connectivity index (χ0n) is 12.4. The smallest absolute Gasteiger partial charge is 0.317 e. The highest BCUT2D eigenvalue weighted by atomic mass is 16.2. The molecule has 0 saturated carbocycles. The molecule has 5 heteroatoms. The van der Waals surface area contributed by atoms with Crippen molar-refractivity contribution in [2.45, 2.75) is 26.2 Å². The Bertz CT molecular complexity index is 589. The number of rotatable bonds is 3. The molecular weight excluding hydrogens is 264 g/mol. The second kappa shape index (κ2) is 6.16. The summed E-state index contributed by atoms with van der Waals surface area (Å²) in [6, 6.07) is 8.02. The van der Waals surface area contributed by atoms with Crippen LogP contribution in [0.4, 0.5) is 4.79 Å². The van der Waals surface area contributed by atoms with Gasteiger partial charge >= 0.3 is 6.03 Å². The molecule has 2 N–H and O–H groups in total. The summed E-state index contributed by atoms with van der Waals surface area (Å²) in [4.78, 5) is 21.8. The molecule has 1 unspecified atom stereocenters. The number of benzene rings is 1. The highest BCUT2D eigenvalue weighted by Crippen LogP contribution is 2.15. The number of aromatic amines is 1. The molecule has 21 heavy (non-hydrogen) atoms. The topological polar surface area (TPSA) is 61.0 Å². The first-order valence-corrected chi connectivity index (χ1v) is 7.69. The molecule has 1 saturated heterocycles. The number of nitrogens with zero attached hydrogens (tertiary/aromatic N) is 2. The van der Waals surface area contributed by atoms with Gasteiger partial charge in [0, 0.05) is 26.1 Å². The van der Waals surface area contributed by atoms with Gasteiger partial charge in [-0.15, -0.1) is 0 Å². The SMILES string of the molecule is CC1CCCN(C(=O)NCCc2nc3ccccc3[nH]2)C1. The van der Waals surface area contributed by atoms with E-state index in [1.54, 1.807) is 0 Å². The summed E-state index contributed by atoms with van der Waals surface area (Å²) in [7, 11) is 0. The maximum Gasteiger partial charge on any atom is 0.317 e. The Balaban J connectivity index is 1.50. The average Bonchev–Trinajstić information content (AvgIpc) is 2.89. The molecule has 1 aliphatic rings. The summed E-state index contributed by atoms with van der Waals surface area (Å²) >= 11 is 0. The summed E-state index contributed by atoms with van der Waals surface area (Å²) in [6.07, 6.45) is 3.06. The minimum absolute atomic E-state index is 0.0534. The molecule has 1 aromatic carbocycles. The lowest BCUT2D eigenvalue weighted by Gasteiger charge is -2.30. The lowest BCUT2D eigenvalue weighted by atomic mass is 10.0. The Morgan fingerprint density at radius 3 is 3.14 bits per heavy atom. The third-order valence-corrected chi connectivity index (χ3v) is 4.02. The Morgan fingerprint density at radius 1 is 1.48 bits per heavy atom. The Morgan fingerprint density at radius 2 is 2.33 bits per heavy atom. The number of urea groups is 1. The lowest BCUT2D eigenvalue weighted by Crippen LogP contribution is -2.45. The maximum absolute atomic E-state index is 12.1. The Kier molecular flexibility index (Phi) is 4.08. The first-order chi connectivity index (χ1) is 10.2. The number of piperidine rings is 1. The van der Waals surface area contributed by atoms with Crippen molar-refractivity contribution in [3.63, 3.8) is 0 Å². The maximum atomic E-state index is 12.1. The first-order valence-electron chi connectivity index (χ1n) is 7.69. The molecule has 0 bridgehead atoms. The molecule has 2 aromatic rings. The van der Waals surface area contributed by atoms with Crippen LogP contribution in [0.1, 0.15) is 25.6 Å². The Hall–Kier alpha value is -2.04. The van der Waals surface area contributed by atoms with Gasteiger partial charge < -0.3 is 15.2 Å². The fourth-order valence-electron chi connectivity index (χ4n) is 2.90. The molecule has 0 spiro atoms. The highest BCUT2D eigenvalue weighted by molar-refractivity contribution is 5.75. The van der Waals surface area contributed by atoms with E-state index < -0.39 is 0 Å². The van der Waals surface area contributed by atoms with Crippen molar-refractivity contribution in [2.75, 3.05) is 19.6 Å². The van der Waals surface area contributed by atoms with E-state index in [0.717, 1.165) is 42.8 Å². The van der Waals surface area contributed by atoms with Gasteiger partial charge in [0.05, 0.1) is 11.0 Å². The molecule has 0 radical (unpaired) electrons. The van der Waals surface area contributed by atoms with E-state index >= 15 is 0 Å². The van der Waals surface area contributed by atoms with Crippen LogP contribution in [0.3, 0.4) is 0 Å². The first kappa shape index (κ1) is 13.9. The summed E-state index contributed by atoms with van der Waals surface area (Å²) in [6.45, 7) is 4.56. The van der Waals surface area contributed by atoms with Crippen molar-refractivity contribution in [3.8, 4) is 0 Å². The molecule has 3 rings (SSSR count). The second-order valence-corrected chi connectivity index (χ2v) is 5.88. The van der Waals surface area contributed by atoms with Crippen LogP contribution in [0.5, 0.6) is 0 Å². The van der Waals surface area contributed by atoms with E-state index in [1.807, 2.05) is 29.2 Å². The van der Waals surface area contributed by atoms with Gasteiger partial charge in [-0.3, -0.25) is 0 Å². The predicted molar refractivity (Wildman–Crippen MR) is 83.2 cm³/mol. The number of imidazole rings is 1. The van der Waals surface area contributed by atoms with Crippen molar-refractivity contribution in [2.24, 2.45) is 5.92 Å². The minimum Gasteiger partial charge on any atom is -0.342 e. The van der Waals surface area contributed by atoms with Gasteiger partial charge in [0.15, 0.2) is 0 Å². The normalized spacial score (nSPS) is 18.9. The standard InChI is InChI=1S/C16H22N4O/c1-12-5-4-10-20(11-12)16(21)17-9-8-15-18-13-6-2-3-7-14(13)19-15/h2-3,6-7,12H,4-5,8-11H2,1H3,(H,17,21)(H,18,19). The molecule has 1 aromatic heterocycles. The molecule has 1 fully saturated rings. The van der Waals surface area contributed by atoms with E-state index in [2.05, 4.69) is 22.2 Å². The summed E-state index contributed by atoms with van der Waals surface area (Å²) in [5.41, 5.74) is 2.02. The van der Waals surface area contributed by atoms with E-state index in [9.17, 15) is 4.79 Å². The van der Waals surface area contributed by atoms with Crippen LogP contribution in [-0.2, 0) is 6.42 Å². The molecule has 0 aliphatic carbocycles. The van der Waals surface area contributed by atoms with Gasteiger partial charge in [0.2, 0.25) is 0 Å². The van der Waals surface area contributed by atoms with Crippen LogP contribution >= 0.6 is 0 Å². The van der Waals surface area contributed by atoms with Gasteiger partial charge in [-0.2, -0.15) is 0 Å². The van der Waals surface area contributed by atoms with Crippen LogP contribution in [0.15, 0.2) is 24.3 Å². The fraction of sp³-hybridized carbons (Fsp3) is 0.500. The zero-order valence-corrected chi connectivity index (χ0v) is 12.4. The quantitative estimate of drug-likeness (QED) is 0.911. The van der Waals surface area contributed by atoms with Gasteiger partial charge in [-0.1, -0.05) is 19.1 Å². The summed E-state index contributed by atoms with van der Waals surface area (Å²) in [5.74, 6) is 1.53. The van der Waals surface area contributed by atoms with Crippen LogP contribution in [-0.4, -0.2) is 40.5 Å². The van der Waals surface area contributed by atoms with Crippen molar-refractivity contribution in [3.05, 3.63) is 30.1 Å². The van der Waals surface area contributed by atoms with Crippen molar-refractivity contribution in [1.29, 1.82) is 0 Å². The number of carbonyl (C=O) groups excluding carboxylic acids is 1. The monoisotopic (exact) mass is 286 g/mol. The number of H-pyrrole nitrogens is 1. The van der Waals surface area contributed by atoms with E-state index in [0.29, 0.717) is 12.5 Å². The fourth-order valence-corrected chi connectivity index (χ4v) is 2.90. The number of hydrogen-bond acceptors (Lipinski definition) is 2. The van der Waals surface area contributed by atoms with Gasteiger partial charge in [-0.05, 0) is 30.9 Å². The van der Waals surface area contributed by atoms with E-state index in [-0.39, 0.29) is 6.03 Å². The van der Waals surface area contributed by atoms with E-state index in [4.69, 9.17) is 0 Å². The van der Waals surface area contributed by atoms with Crippen LogP contribution in [0, 0.1) is 5.92 Å². The molecule has 112 valence electrons. The van der Waals surface area contributed by atoms with Crippen molar-refractivity contribution in [1.82, 2.24) is 20.2 Å². The molecule has 1 aliphatic heterocycles. The number of amides is 2. The number of aromatic nitrogens is 2. The number of carbonyl (C=O) groups is 1. The highest BCUT2D eigenvalue weighted by Gasteiger charge is 2.20. The molecular formula is C16H22N4O. The largest absolute Gasteiger partial charge is 0.342 e. The lowest BCUT2D eigenvalue weighted by molar-refractivity contribution is 0.170. The second-order valence-electron chi connectivity index (χ2n) is 5.88. The summed E-state index contributed by atoms with van der Waals surface area (Å²) < 4.78 is 0. The third-order valence-electron chi connectivity index (χ3n) is 4.02. The third kappa shape index (κ3) is 3.35. The van der Waals surface area contributed by atoms with Crippen LogP contribution in [0.2, 0.25) is 0 Å². The van der Waals surface area contributed by atoms with Crippen molar-refractivity contribution < 1.29 is 4.79 Å². The van der Waals surface area contributed by atoms with Crippen LogP contribution < -0.4 is 5.32 Å². The minimum atomic E-state index is 0.0534. The number of nitrogens with one attached hydrogen (secondary N) is 2. The van der Waals surface area contributed by atoms with Crippen LogP contribution in [0.25, 0.3) is 11.0 Å².